The van der Waals surface area contributed by atoms with E-state index >= 15 is 0 Å². The molecule has 0 saturated carbocycles. The Hall–Kier alpha value is -0.620. The lowest BCUT2D eigenvalue weighted by Crippen LogP contribution is -2.12. The summed E-state index contributed by atoms with van der Waals surface area (Å²) in [6.45, 7) is 0. The fourth-order valence-electron chi connectivity index (χ4n) is 0.469. The van der Waals surface area contributed by atoms with Crippen LogP contribution in [0.1, 0.15) is 0 Å². The molecule has 1 aromatic heterocycles. The van der Waals surface area contributed by atoms with Crippen LogP contribution in [0.3, 0.4) is 0 Å². The zero-order chi connectivity index (χ0) is 8.43. The molecule has 5 nitrogen and oxygen atoms in total. The van der Waals surface area contributed by atoms with Crippen molar-refractivity contribution in [3.8, 4) is 0 Å². The van der Waals surface area contributed by atoms with Crippen molar-refractivity contribution in [1.29, 1.82) is 0 Å². The average Bonchev–Trinajstić information content (AvgIpc) is 1.85. The van der Waals surface area contributed by atoms with Crippen LogP contribution in [0.2, 0.25) is 10.4 Å². The van der Waals surface area contributed by atoms with Gasteiger partial charge in [-0.2, -0.15) is 0 Å². The van der Waals surface area contributed by atoms with E-state index in [0.717, 1.165) is 6.20 Å². The molecule has 0 spiro atoms. The summed E-state index contributed by atoms with van der Waals surface area (Å²) in [5.74, 6) is 0. The van der Waals surface area contributed by atoms with Crippen LogP contribution in [0, 0.1) is 0 Å². The molecular formula is C4H3Cl2N3O2. The summed E-state index contributed by atoms with van der Waals surface area (Å²) in [5.41, 5.74) is -0.129. The Balaban J connectivity index is 3.09. The van der Waals surface area contributed by atoms with E-state index in [1.165, 1.54) is 0 Å². The minimum absolute atomic E-state index is 0.0550. The van der Waals surface area contributed by atoms with Gasteiger partial charge in [-0.25, -0.2) is 9.97 Å². The smallest absolute Gasteiger partial charge is 0.223 e. The maximum Gasteiger partial charge on any atom is 0.223 e. The van der Waals surface area contributed by atoms with Crippen molar-refractivity contribution in [2.45, 2.75) is 0 Å². The molecule has 0 bridgehead atoms. The Labute approximate surface area is 71.7 Å². The normalized spacial score (nSPS) is 9.82. The van der Waals surface area contributed by atoms with E-state index in [1.54, 1.807) is 0 Å². The lowest BCUT2D eigenvalue weighted by molar-refractivity contribution is 0.0288. The molecule has 1 heterocycles. The number of rotatable bonds is 1. The van der Waals surface area contributed by atoms with E-state index in [9.17, 15) is 0 Å². The van der Waals surface area contributed by atoms with Crippen molar-refractivity contribution >= 4 is 28.9 Å². The van der Waals surface area contributed by atoms with Crippen LogP contribution < -0.4 is 5.23 Å². The lowest BCUT2D eigenvalue weighted by Gasteiger charge is -2.07. The highest BCUT2D eigenvalue weighted by Gasteiger charge is 2.07. The molecule has 0 fully saturated rings. The second-order valence-corrected chi connectivity index (χ2v) is 2.30. The number of halogens is 2. The minimum atomic E-state index is -0.182. The molecule has 2 N–H and O–H groups in total. The lowest BCUT2D eigenvalue weighted by atomic mass is 10.6. The van der Waals surface area contributed by atoms with Crippen molar-refractivity contribution in [3.63, 3.8) is 0 Å². The molecule has 0 unspecified atom stereocenters. The van der Waals surface area contributed by atoms with Gasteiger partial charge in [-0.3, -0.25) is 10.4 Å². The van der Waals surface area contributed by atoms with Crippen molar-refractivity contribution in [2.75, 3.05) is 5.23 Å². The van der Waals surface area contributed by atoms with E-state index in [1.807, 2.05) is 0 Å². The summed E-state index contributed by atoms with van der Waals surface area (Å²) in [6.07, 6.45) is 1.08. The molecule has 0 amide bonds. The van der Waals surface area contributed by atoms with E-state index in [-0.39, 0.29) is 21.4 Å². The van der Waals surface area contributed by atoms with Crippen LogP contribution in [0.4, 0.5) is 5.69 Å². The van der Waals surface area contributed by atoms with Crippen LogP contribution >= 0.6 is 23.2 Å². The van der Waals surface area contributed by atoms with E-state index in [2.05, 4.69) is 9.97 Å². The third-order valence-corrected chi connectivity index (χ3v) is 1.37. The Morgan fingerprint density at radius 3 is 2.45 bits per heavy atom. The monoisotopic (exact) mass is 195 g/mol. The Morgan fingerprint density at radius 1 is 1.36 bits per heavy atom. The van der Waals surface area contributed by atoms with E-state index in [0.29, 0.717) is 0 Å². The molecule has 0 radical (unpaired) electrons. The summed E-state index contributed by atoms with van der Waals surface area (Å²) in [7, 11) is 0. The Morgan fingerprint density at radius 2 is 2.00 bits per heavy atom. The third-order valence-electron chi connectivity index (χ3n) is 0.911. The Kier molecular flexibility index (Phi) is 2.45. The Bertz CT molecular complexity index is 268. The van der Waals surface area contributed by atoms with Gasteiger partial charge in [0.15, 0.2) is 5.15 Å². The number of hydrogen-bond donors (Lipinski definition) is 2. The number of aromatic nitrogens is 2. The first-order valence-corrected chi connectivity index (χ1v) is 3.23. The molecule has 1 rings (SSSR count). The van der Waals surface area contributed by atoms with Gasteiger partial charge in [-0.1, -0.05) is 11.6 Å². The SMILES string of the molecule is ON(O)c1cnc(Cl)nc1Cl. The van der Waals surface area contributed by atoms with Gasteiger partial charge in [0.1, 0.15) is 5.69 Å². The van der Waals surface area contributed by atoms with Gasteiger partial charge >= 0.3 is 0 Å². The summed E-state index contributed by atoms with van der Waals surface area (Å²) in [4.78, 5) is 6.92. The first kappa shape index (κ1) is 8.48. The first-order valence-electron chi connectivity index (χ1n) is 2.47. The molecule has 11 heavy (non-hydrogen) atoms. The van der Waals surface area contributed by atoms with Gasteiger partial charge in [-0.05, 0) is 11.6 Å². The predicted molar refractivity (Wildman–Crippen MR) is 38.1 cm³/mol. The summed E-state index contributed by atoms with van der Waals surface area (Å²) in [5, 5.41) is 16.6. The standard InChI is InChI=1S/C4H3Cl2N3O2/c5-3-2(9(10)11)1-7-4(6)8-3/h1,10-11H. The maximum absolute atomic E-state index is 8.48. The molecule has 0 aliphatic rings. The summed E-state index contributed by atoms with van der Waals surface area (Å²) >= 11 is 10.8. The molecule has 0 aliphatic carbocycles. The highest BCUT2D eigenvalue weighted by Crippen LogP contribution is 2.20. The fraction of sp³-hybridized carbons (Fsp3) is 0. The molecular weight excluding hydrogens is 193 g/mol. The second-order valence-electron chi connectivity index (χ2n) is 1.60. The fourth-order valence-corrected chi connectivity index (χ4v) is 0.850. The summed E-state index contributed by atoms with van der Waals surface area (Å²) in [6, 6.07) is 0. The van der Waals surface area contributed by atoms with Crippen LogP contribution in [0.5, 0.6) is 0 Å². The van der Waals surface area contributed by atoms with Crippen molar-refractivity contribution < 1.29 is 10.4 Å². The van der Waals surface area contributed by atoms with Gasteiger partial charge in [0, 0.05) is 0 Å². The number of hydrogen-bond acceptors (Lipinski definition) is 5. The van der Waals surface area contributed by atoms with Gasteiger partial charge in [0.2, 0.25) is 5.28 Å². The van der Waals surface area contributed by atoms with Crippen LogP contribution in [0.15, 0.2) is 6.20 Å². The maximum atomic E-state index is 8.48. The minimum Gasteiger partial charge on any atom is -0.264 e. The van der Waals surface area contributed by atoms with Crippen LogP contribution in [-0.4, -0.2) is 20.4 Å². The number of anilines is 1. The zero-order valence-electron chi connectivity index (χ0n) is 5.07. The summed E-state index contributed by atoms with van der Waals surface area (Å²) < 4.78 is 0. The molecule has 0 saturated heterocycles. The molecule has 0 aliphatic heterocycles. The first-order chi connectivity index (χ1) is 5.11. The van der Waals surface area contributed by atoms with E-state index < -0.39 is 0 Å². The van der Waals surface area contributed by atoms with Crippen molar-refractivity contribution in [2.24, 2.45) is 0 Å². The van der Waals surface area contributed by atoms with Crippen LogP contribution in [0.25, 0.3) is 0 Å². The van der Waals surface area contributed by atoms with E-state index in [4.69, 9.17) is 33.6 Å². The quantitative estimate of drug-likeness (QED) is 0.403. The van der Waals surface area contributed by atoms with Crippen molar-refractivity contribution in [3.05, 3.63) is 16.6 Å². The van der Waals surface area contributed by atoms with Gasteiger partial charge in [-0.15, -0.1) is 5.23 Å². The van der Waals surface area contributed by atoms with Gasteiger partial charge < -0.3 is 0 Å². The van der Waals surface area contributed by atoms with Gasteiger partial charge in [0.25, 0.3) is 0 Å². The second kappa shape index (κ2) is 3.19. The molecule has 7 heteroatoms. The van der Waals surface area contributed by atoms with Crippen molar-refractivity contribution in [1.82, 2.24) is 9.97 Å². The molecule has 60 valence electrons. The largest absolute Gasteiger partial charge is 0.264 e. The van der Waals surface area contributed by atoms with Crippen LogP contribution in [-0.2, 0) is 0 Å². The zero-order valence-corrected chi connectivity index (χ0v) is 6.58. The third kappa shape index (κ3) is 1.90. The molecule has 1 aromatic rings. The molecule has 0 atom stereocenters. The van der Waals surface area contributed by atoms with Gasteiger partial charge in [0.05, 0.1) is 6.20 Å². The topological polar surface area (TPSA) is 69.5 Å². The molecule has 0 aromatic carbocycles. The highest BCUT2D eigenvalue weighted by molar-refractivity contribution is 6.33. The highest BCUT2D eigenvalue weighted by atomic mass is 35.5. The number of nitrogens with zero attached hydrogens (tertiary/aromatic N) is 3. The predicted octanol–water partition coefficient (Wildman–Crippen LogP) is 1.37. The average molecular weight is 196 g/mol.